The van der Waals surface area contributed by atoms with Crippen LogP contribution in [0.2, 0.25) is 0 Å². The van der Waals surface area contributed by atoms with Crippen LogP contribution < -0.4 is 10.1 Å². The molecular weight excluding hydrogens is 316 g/mol. The van der Waals surface area contributed by atoms with E-state index in [-0.39, 0.29) is 5.91 Å². The predicted molar refractivity (Wildman–Crippen MR) is 96.6 cm³/mol. The van der Waals surface area contributed by atoms with Crippen LogP contribution in [-0.2, 0) is 0 Å². The molecule has 2 N–H and O–H groups in total. The summed E-state index contributed by atoms with van der Waals surface area (Å²) in [6, 6.07) is 17.8. The third-order valence-electron chi connectivity index (χ3n) is 4.12. The first kappa shape index (κ1) is 16.9. The number of ether oxygens (including phenoxy) is 1. The van der Waals surface area contributed by atoms with Crippen molar-refractivity contribution in [2.24, 2.45) is 0 Å². The molecule has 2 atom stereocenters. The molecule has 3 rings (SSSR count). The molecular formula is C20H20N2O3. The Kier molecular flexibility index (Phi) is 4.95. The lowest BCUT2D eigenvalue weighted by Gasteiger charge is -2.20. The van der Waals surface area contributed by atoms with Crippen molar-refractivity contribution in [1.82, 2.24) is 10.3 Å². The largest absolute Gasteiger partial charge is 0.497 e. The van der Waals surface area contributed by atoms with Gasteiger partial charge >= 0.3 is 0 Å². The van der Waals surface area contributed by atoms with E-state index in [9.17, 15) is 9.90 Å². The molecule has 0 aliphatic heterocycles. The Hall–Kier alpha value is -2.92. The SMILES string of the molecule is COc1ccc(C(O)C(C)NC(=O)c2ccc3ccccc3n2)cc1. The third-order valence-corrected chi connectivity index (χ3v) is 4.12. The van der Waals surface area contributed by atoms with Crippen LogP contribution in [0.3, 0.4) is 0 Å². The maximum absolute atomic E-state index is 12.4. The van der Waals surface area contributed by atoms with Gasteiger partial charge in [0.1, 0.15) is 11.4 Å². The van der Waals surface area contributed by atoms with Gasteiger partial charge in [-0.05, 0) is 36.8 Å². The van der Waals surface area contributed by atoms with Crippen LogP contribution in [-0.4, -0.2) is 29.1 Å². The van der Waals surface area contributed by atoms with Crippen LogP contribution >= 0.6 is 0 Å². The molecule has 1 amide bonds. The molecule has 5 nitrogen and oxygen atoms in total. The number of nitrogens with one attached hydrogen (secondary N) is 1. The van der Waals surface area contributed by atoms with Crippen molar-refractivity contribution in [3.05, 3.63) is 71.9 Å². The van der Waals surface area contributed by atoms with Gasteiger partial charge in [-0.3, -0.25) is 4.79 Å². The van der Waals surface area contributed by atoms with Gasteiger partial charge < -0.3 is 15.2 Å². The lowest BCUT2D eigenvalue weighted by atomic mass is 10.0. The number of carbonyl (C=O) groups excluding carboxylic acids is 1. The summed E-state index contributed by atoms with van der Waals surface area (Å²) in [4.78, 5) is 16.8. The van der Waals surface area contributed by atoms with Crippen molar-refractivity contribution in [3.8, 4) is 5.75 Å². The number of aliphatic hydroxyl groups is 1. The molecule has 5 heteroatoms. The zero-order valence-corrected chi connectivity index (χ0v) is 14.1. The molecule has 0 saturated carbocycles. The fraction of sp³-hybridized carbons (Fsp3) is 0.200. The Morgan fingerprint density at radius 1 is 1.08 bits per heavy atom. The standard InChI is InChI=1S/C20H20N2O3/c1-13(19(23)15-7-10-16(25-2)11-8-15)21-20(24)18-12-9-14-5-3-4-6-17(14)22-18/h3-13,19,23H,1-2H3,(H,21,24). The Bertz CT molecular complexity index is 878. The average Bonchev–Trinajstić information content (AvgIpc) is 2.67. The van der Waals surface area contributed by atoms with Gasteiger partial charge in [-0.2, -0.15) is 0 Å². The van der Waals surface area contributed by atoms with Gasteiger partial charge in [0.25, 0.3) is 5.91 Å². The molecule has 2 unspecified atom stereocenters. The maximum atomic E-state index is 12.4. The van der Waals surface area contributed by atoms with Crippen LogP contribution in [0.5, 0.6) is 5.75 Å². The van der Waals surface area contributed by atoms with E-state index in [0.717, 1.165) is 10.9 Å². The number of amides is 1. The Balaban J connectivity index is 1.71. The number of pyridine rings is 1. The van der Waals surface area contributed by atoms with E-state index in [1.807, 2.05) is 30.3 Å². The van der Waals surface area contributed by atoms with E-state index in [0.29, 0.717) is 17.0 Å². The molecule has 0 aliphatic rings. The van der Waals surface area contributed by atoms with Crippen molar-refractivity contribution in [2.45, 2.75) is 19.1 Å². The Labute approximate surface area is 146 Å². The number of aromatic nitrogens is 1. The first-order chi connectivity index (χ1) is 12.1. The number of nitrogens with zero attached hydrogens (tertiary/aromatic N) is 1. The van der Waals surface area contributed by atoms with Crippen LogP contribution in [0, 0.1) is 0 Å². The normalized spacial score (nSPS) is 13.2. The van der Waals surface area contributed by atoms with Gasteiger partial charge in [-0.25, -0.2) is 4.98 Å². The van der Waals surface area contributed by atoms with Crippen LogP contribution in [0.4, 0.5) is 0 Å². The number of aliphatic hydroxyl groups excluding tert-OH is 1. The fourth-order valence-electron chi connectivity index (χ4n) is 2.64. The highest BCUT2D eigenvalue weighted by Crippen LogP contribution is 2.20. The molecule has 1 aromatic heterocycles. The number of fused-ring (bicyclic) bond motifs is 1. The van der Waals surface area contributed by atoms with Crippen LogP contribution in [0.1, 0.15) is 29.1 Å². The summed E-state index contributed by atoms with van der Waals surface area (Å²) in [6.45, 7) is 1.76. The summed E-state index contributed by atoms with van der Waals surface area (Å²) in [5.74, 6) is 0.402. The summed E-state index contributed by atoms with van der Waals surface area (Å²) in [7, 11) is 1.59. The maximum Gasteiger partial charge on any atom is 0.270 e. The monoisotopic (exact) mass is 336 g/mol. The molecule has 0 bridgehead atoms. The molecule has 3 aromatic rings. The number of methoxy groups -OCH3 is 1. The molecule has 0 spiro atoms. The van der Waals surface area contributed by atoms with Crippen molar-refractivity contribution >= 4 is 16.8 Å². The van der Waals surface area contributed by atoms with E-state index in [1.54, 1.807) is 44.4 Å². The first-order valence-electron chi connectivity index (χ1n) is 8.07. The minimum absolute atomic E-state index is 0.314. The van der Waals surface area contributed by atoms with Gasteiger partial charge in [0.2, 0.25) is 0 Å². The second-order valence-corrected chi connectivity index (χ2v) is 5.87. The van der Waals surface area contributed by atoms with E-state index in [4.69, 9.17) is 4.74 Å². The smallest absolute Gasteiger partial charge is 0.270 e. The molecule has 0 aliphatic carbocycles. The minimum Gasteiger partial charge on any atom is -0.497 e. The highest BCUT2D eigenvalue weighted by Gasteiger charge is 2.20. The number of benzene rings is 2. The quantitative estimate of drug-likeness (QED) is 0.751. The van der Waals surface area contributed by atoms with Crippen molar-refractivity contribution in [3.63, 3.8) is 0 Å². The van der Waals surface area contributed by atoms with Gasteiger partial charge in [-0.15, -0.1) is 0 Å². The van der Waals surface area contributed by atoms with Crippen LogP contribution in [0.25, 0.3) is 10.9 Å². The zero-order chi connectivity index (χ0) is 17.8. The van der Waals surface area contributed by atoms with E-state index < -0.39 is 12.1 Å². The summed E-state index contributed by atoms with van der Waals surface area (Å²) in [5, 5.41) is 14.2. The topological polar surface area (TPSA) is 71.5 Å². The minimum atomic E-state index is -0.824. The summed E-state index contributed by atoms with van der Waals surface area (Å²) in [6.07, 6.45) is -0.824. The van der Waals surface area contributed by atoms with Crippen molar-refractivity contribution in [1.29, 1.82) is 0 Å². The summed E-state index contributed by atoms with van der Waals surface area (Å²) in [5.41, 5.74) is 1.80. The second-order valence-electron chi connectivity index (χ2n) is 5.87. The molecule has 2 aromatic carbocycles. The van der Waals surface area contributed by atoms with Crippen LogP contribution in [0.15, 0.2) is 60.7 Å². The Morgan fingerprint density at radius 3 is 2.52 bits per heavy atom. The average molecular weight is 336 g/mol. The highest BCUT2D eigenvalue weighted by atomic mass is 16.5. The van der Waals surface area contributed by atoms with Crippen molar-refractivity contribution in [2.75, 3.05) is 7.11 Å². The molecule has 25 heavy (non-hydrogen) atoms. The third kappa shape index (κ3) is 3.78. The highest BCUT2D eigenvalue weighted by molar-refractivity contribution is 5.95. The second kappa shape index (κ2) is 7.32. The molecule has 128 valence electrons. The number of hydrogen-bond donors (Lipinski definition) is 2. The lowest BCUT2D eigenvalue weighted by Crippen LogP contribution is -2.37. The number of hydrogen-bond acceptors (Lipinski definition) is 4. The van der Waals surface area contributed by atoms with E-state index in [1.165, 1.54) is 0 Å². The zero-order valence-electron chi connectivity index (χ0n) is 14.1. The number of carbonyl (C=O) groups is 1. The predicted octanol–water partition coefficient (Wildman–Crippen LogP) is 3.10. The van der Waals surface area contributed by atoms with Gasteiger partial charge in [0, 0.05) is 5.39 Å². The molecule has 0 saturated heterocycles. The van der Waals surface area contributed by atoms with Gasteiger partial charge in [0.05, 0.1) is 24.8 Å². The fourth-order valence-corrected chi connectivity index (χ4v) is 2.64. The number of para-hydroxylation sites is 1. The summed E-state index contributed by atoms with van der Waals surface area (Å²) >= 11 is 0. The molecule has 1 heterocycles. The van der Waals surface area contributed by atoms with Gasteiger partial charge in [0.15, 0.2) is 0 Å². The lowest BCUT2D eigenvalue weighted by molar-refractivity contribution is 0.0847. The number of rotatable bonds is 5. The Morgan fingerprint density at radius 2 is 1.80 bits per heavy atom. The van der Waals surface area contributed by atoms with E-state index in [2.05, 4.69) is 10.3 Å². The molecule has 0 radical (unpaired) electrons. The van der Waals surface area contributed by atoms with Gasteiger partial charge in [-0.1, -0.05) is 36.4 Å². The summed E-state index contributed by atoms with van der Waals surface area (Å²) < 4.78 is 5.11. The van der Waals surface area contributed by atoms with Crippen molar-refractivity contribution < 1.29 is 14.6 Å². The molecule has 0 fully saturated rings. The first-order valence-corrected chi connectivity index (χ1v) is 8.07. The van der Waals surface area contributed by atoms with E-state index >= 15 is 0 Å².